The van der Waals surface area contributed by atoms with Gasteiger partial charge in [-0.25, -0.2) is 9.97 Å². The van der Waals surface area contributed by atoms with Crippen molar-refractivity contribution in [3.8, 4) is 0 Å². The van der Waals surface area contributed by atoms with Gasteiger partial charge in [0.15, 0.2) is 11.6 Å². The standard InChI is InChI=1S/C17H14BrClN6O/c18-11-6-2-4-8-13(11)23-15-14(20)16(22-9-21-15)24-25-17(26)10-5-1-3-7-12(10)19/h1-9H,20H2,(H,25,26)(H2,21,22,23,24). The van der Waals surface area contributed by atoms with Crippen LogP contribution in [0, 0.1) is 0 Å². The van der Waals surface area contributed by atoms with Gasteiger partial charge in [-0.3, -0.25) is 15.6 Å². The van der Waals surface area contributed by atoms with Gasteiger partial charge >= 0.3 is 0 Å². The molecule has 0 spiro atoms. The quantitative estimate of drug-likeness (QED) is 0.454. The number of hydrogen-bond donors (Lipinski definition) is 4. The number of halogens is 2. The van der Waals surface area contributed by atoms with Crippen LogP contribution in [0.25, 0.3) is 0 Å². The minimum atomic E-state index is -0.408. The molecule has 7 nitrogen and oxygen atoms in total. The summed E-state index contributed by atoms with van der Waals surface area (Å²) < 4.78 is 0.861. The average Bonchev–Trinajstić information content (AvgIpc) is 2.64. The Morgan fingerprint density at radius 3 is 2.50 bits per heavy atom. The first-order valence-corrected chi connectivity index (χ1v) is 8.66. The molecule has 0 saturated carbocycles. The molecule has 26 heavy (non-hydrogen) atoms. The van der Waals surface area contributed by atoms with E-state index in [1.165, 1.54) is 6.33 Å². The summed E-state index contributed by atoms with van der Waals surface area (Å²) >= 11 is 9.46. The molecule has 1 heterocycles. The van der Waals surface area contributed by atoms with E-state index in [1.54, 1.807) is 24.3 Å². The van der Waals surface area contributed by atoms with E-state index in [-0.39, 0.29) is 11.5 Å². The molecular formula is C17H14BrClN6O. The average molecular weight is 434 g/mol. The van der Waals surface area contributed by atoms with E-state index in [0.29, 0.717) is 16.4 Å². The van der Waals surface area contributed by atoms with Crippen molar-refractivity contribution < 1.29 is 4.79 Å². The lowest BCUT2D eigenvalue weighted by atomic mass is 10.2. The minimum Gasteiger partial charge on any atom is -0.393 e. The molecule has 132 valence electrons. The normalized spacial score (nSPS) is 10.2. The van der Waals surface area contributed by atoms with Crippen molar-refractivity contribution in [3.05, 3.63) is 69.9 Å². The first kappa shape index (κ1) is 18.0. The number of amides is 1. The lowest BCUT2D eigenvalue weighted by Gasteiger charge is -2.14. The van der Waals surface area contributed by atoms with Crippen LogP contribution in [-0.4, -0.2) is 15.9 Å². The fourth-order valence-corrected chi connectivity index (χ4v) is 2.72. The summed E-state index contributed by atoms with van der Waals surface area (Å²) in [6.07, 6.45) is 1.33. The summed E-state index contributed by atoms with van der Waals surface area (Å²) in [6, 6.07) is 14.3. The van der Waals surface area contributed by atoms with Crippen LogP contribution in [0.15, 0.2) is 59.3 Å². The van der Waals surface area contributed by atoms with Crippen molar-refractivity contribution in [2.45, 2.75) is 0 Å². The Bertz CT molecular complexity index is 952. The van der Waals surface area contributed by atoms with Gasteiger partial charge < -0.3 is 11.1 Å². The van der Waals surface area contributed by atoms with Crippen molar-refractivity contribution in [3.63, 3.8) is 0 Å². The third-order valence-corrected chi connectivity index (χ3v) is 4.44. The topological polar surface area (TPSA) is 105 Å². The molecule has 0 unspecified atom stereocenters. The van der Waals surface area contributed by atoms with E-state index in [2.05, 4.69) is 42.1 Å². The number of rotatable bonds is 5. The number of benzene rings is 2. The predicted octanol–water partition coefficient (Wildman–Crippen LogP) is 3.98. The summed E-state index contributed by atoms with van der Waals surface area (Å²) in [7, 11) is 0. The van der Waals surface area contributed by atoms with Crippen LogP contribution < -0.4 is 21.9 Å². The molecule has 0 saturated heterocycles. The van der Waals surface area contributed by atoms with Gasteiger partial charge in [0.05, 0.1) is 16.3 Å². The zero-order chi connectivity index (χ0) is 18.5. The highest BCUT2D eigenvalue weighted by Crippen LogP contribution is 2.29. The summed E-state index contributed by atoms with van der Waals surface area (Å²) in [5.74, 6) is 0.255. The van der Waals surface area contributed by atoms with Gasteiger partial charge in [0, 0.05) is 4.47 Å². The molecule has 1 amide bonds. The molecule has 0 radical (unpaired) electrons. The van der Waals surface area contributed by atoms with Gasteiger partial charge in [0.1, 0.15) is 12.0 Å². The molecular weight excluding hydrogens is 420 g/mol. The smallest absolute Gasteiger partial charge is 0.271 e. The fourth-order valence-electron chi connectivity index (χ4n) is 2.11. The van der Waals surface area contributed by atoms with Crippen LogP contribution in [0.2, 0.25) is 5.02 Å². The summed E-state index contributed by atoms with van der Waals surface area (Å²) in [4.78, 5) is 20.4. The monoisotopic (exact) mass is 432 g/mol. The van der Waals surface area contributed by atoms with Crippen LogP contribution in [0.3, 0.4) is 0 Å². The van der Waals surface area contributed by atoms with Gasteiger partial charge in [-0.15, -0.1) is 0 Å². The van der Waals surface area contributed by atoms with Gasteiger partial charge in [-0.2, -0.15) is 0 Å². The first-order chi connectivity index (χ1) is 12.6. The van der Waals surface area contributed by atoms with Crippen LogP contribution in [0.4, 0.5) is 23.0 Å². The first-order valence-electron chi connectivity index (χ1n) is 7.49. The van der Waals surface area contributed by atoms with Gasteiger partial charge in [0.25, 0.3) is 5.91 Å². The Hall–Kier alpha value is -2.84. The maximum absolute atomic E-state index is 12.2. The van der Waals surface area contributed by atoms with E-state index in [1.807, 2.05) is 24.3 Å². The highest BCUT2D eigenvalue weighted by molar-refractivity contribution is 9.10. The van der Waals surface area contributed by atoms with Gasteiger partial charge in [0.2, 0.25) is 0 Å². The minimum absolute atomic E-state index is 0.253. The van der Waals surface area contributed by atoms with E-state index in [9.17, 15) is 4.79 Å². The van der Waals surface area contributed by atoms with Crippen molar-refractivity contribution >= 4 is 56.4 Å². The molecule has 0 aliphatic heterocycles. The highest BCUT2D eigenvalue weighted by atomic mass is 79.9. The molecule has 0 bridgehead atoms. The van der Waals surface area contributed by atoms with Gasteiger partial charge in [-0.05, 0) is 40.2 Å². The largest absolute Gasteiger partial charge is 0.393 e. The molecule has 2 aromatic carbocycles. The molecule has 5 N–H and O–H groups in total. The number of carbonyl (C=O) groups excluding carboxylic acids is 1. The molecule has 0 aliphatic rings. The number of anilines is 4. The van der Waals surface area contributed by atoms with E-state index in [0.717, 1.165) is 10.2 Å². The second-order valence-corrected chi connectivity index (χ2v) is 6.41. The Labute approximate surface area is 163 Å². The molecule has 0 atom stereocenters. The number of nitrogen functional groups attached to an aromatic ring is 1. The number of nitrogens with two attached hydrogens (primary N) is 1. The van der Waals surface area contributed by atoms with Crippen molar-refractivity contribution in [2.24, 2.45) is 0 Å². The summed E-state index contributed by atoms with van der Waals surface area (Å²) in [5.41, 5.74) is 12.7. The number of aromatic nitrogens is 2. The highest BCUT2D eigenvalue weighted by Gasteiger charge is 2.12. The van der Waals surface area contributed by atoms with Crippen molar-refractivity contribution in [2.75, 3.05) is 16.5 Å². The third-order valence-electron chi connectivity index (χ3n) is 3.42. The maximum atomic E-state index is 12.2. The molecule has 3 rings (SSSR count). The Kier molecular flexibility index (Phi) is 5.55. The second-order valence-electron chi connectivity index (χ2n) is 5.15. The molecule has 3 aromatic rings. The molecule has 9 heteroatoms. The number of hydrazine groups is 1. The van der Waals surface area contributed by atoms with Crippen LogP contribution in [-0.2, 0) is 0 Å². The van der Waals surface area contributed by atoms with Crippen LogP contribution in [0.1, 0.15) is 10.4 Å². The number of hydrogen-bond acceptors (Lipinski definition) is 6. The van der Waals surface area contributed by atoms with E-state index in [4.69, 9.17) is 17.3 Å². The van der Waals surface area contributed by atoms with Crippen LogP contribution in [0.5, 0.6) is 0 Å². The lowest BCUT2D eigenvalue weighted by Crippen LogP contribution is -2.30. The second kappa shape index (κ2) is 8.03. The zero-order valence-corrected chi connectivity index (χ0v) is 15.7. The maximum Gasteiger partial charge on any atom is 0.271 e. The number of nitrogens with one attached hydrogen (secondary N) is 3. The number of nitrogens with zero attached hydrogens (tertiary/aromatic N) is 2. The Morgan fingerprint density at radius 2 is 1.73 bits per heavy atom. The van der Waals surface area contributed by atoms with Crippen molar-refractivity contribution in [1.29, 1.82) is 0 Å². The summed E-state index contributed by atoms with van der Waals surface area (Å²) in [6.45, 7) is 0. The van der Waals surface area contributed by atoms with E-state index < -0.39 is 5.91 Å². The summed E-state index contributed by atoms with van der Waals surface area (Å²) in [5, 5.41) is 3.46. The zero-order valence-electron chi connectivity index (χ0n) is 13.3. The van der Waals surface area contributed by atoms with Crippen LogP contribution >= 0.6 is 27.5 Å². The Balaban J connectivity index is 1.74. The fraction of sp³-hybridized carbons (Fsp3) is 0. The number of carbonyl (C=O) groups is 1. The van der Waals surface area contributed by atoms with E-state index >= 15 is 0 Å². The van der Waals surface area contributed by atoms with Crippen molar-refractivity contribution in [1.82, 2.24) is 15.4 Å². The lowest BCUT2D eigenvalue weighted by molar-refractivity contribution is 0.0962. The Morgan fingerprint density at radius 1 is 1.04 bits per heavy atom. The molecule has 1 aromatic heterocycles. The SMILES string of the molecule is Nc1c(NNC(=O)c2ccccc2Cl)ncnc1Nc1ccccc1Br. The number of para-hydroxylation sites is 1. The van der Waals surface area contributed by atoms with Gasteiger partial charge in [-0.1, -0.05) is 35.9 Å². The predicted molar refractivity (Wildman–Crippen MR) is 106 cm³/mol. The third kappa shape index (κ3) is 4.04. The molecule has 0 aliphatic carbocycles. The molecule has 0 fully saturated rings.